The maximum Gasteiger partial charge on any atom is 0.279 e. The third-order valence-electron chi connectivity index (χ3n) is 4.67. The van der Waals surface area contributed by atoms with Crippen LogP contribution in [0.25, 0.3) is 0 Å². The molecule has 178 valence electrons. The van der Waals surface area contributed by atoms with E-state index in [9.17, 15) is 27.2 Å². The van der Waals surface area contributed by atoms with Crippen LogP contribution in [0, 0.1) is 5.82 Å². The Hall–Kier alpha value is -3.31. The van der Waals surface area contributed by atoms with Gasteiger partial charge in [-0.05, 0) is 56.7 Å². The van der Waals surface area contributed by atoms with Gasteiger partial charge >= 0.3 is 0 Å². The van der Waals surface area contributed by atoms with Crippen molar-refractivity contribution in [1.82, 2.24) is 15.2 Å². The molecule has 2 N–H and O–H groups in total. The fourth-order valence-corrected chi connectivity index (χ4v) is 3.90. The van der Waals surface area contributed by atoms with Crippen molar-refractivity contribution < 1.29 is 31.9 Å². The Balaban J connectivity index is 1.75. The Morgan fingerprint density at radius 2 is 1.64 bits per heavy atom. The number of carbonyl (C=O) groups is 3. The minimum Gasteiger partial charge on any atom is -0.481 e. The molecule has 2 rings (SSSR count). The monoisotopic (exact) mass is 479 g/mol. The van der Waals surface area contributed by atoms with Crippen LogP contribution in [0.4, 0.5) is 4.39 Å². The molecule has 33 heavy (non-hydrogen) atoms. The number of Topliss-reactive ketones (excluding diaryl/α,β-unsaturated/α-hetero) is 1. The summed E-state index contributed by atoms with van der Waals surface area (Å²) in [5.74, 6) is -1.42. The van der Waals surface area contributed by atoms with E-state index in [1.165, 1.54) is 69.4 Å². The summed E-state index contributed by atoms with van der Waals surface area (Å²) in [5, 5.41) is 0. The van der Waals surface area contributed by atoms with Crippen LogP contribution >= 0.6 is 0 Å². The molecule has 0 aliphatic heterocycles. The number of amides is 2. The summed E-state index contributed by atoms with van der Waals surface area (Å²) >= 11 is 0. The molecule has 11 heteroatoms. The van der Waals surface area contributed by atoms with Gasteiger partial charge in [-0.1, -0.05) is 12.1 Å². The number of nitrogens with one attached hydrogen (secondary N) is 2. The Morgan fingerprint density at radius 1 is 1.03 bits per heavy atom. The predicted octanol–water partition coefficient (Wildman–Crippen LogP) is 2.04. The highest BCUT2D eigenvalue weighted by Gasteiger charge is 2.21. The lowest BCUT2D eigenvalue weighted by atomic mass is 10.2. The van der Waals surface area contributed by atoms with Gasteiger partial charge in [-0.25, -0.2) is 17.1 Å². The number of hydrogen-bond donors (Lipinski definition) is 2. The summed E-state index contributed by atoms with van der Waals surface area (Å²) in [5.41, 5.74) is 4.88. The molecule has 0 saturated carbocycles. The number of nitrogens with zero attached hydrogens (tertiary/aromatic N) is 1. The molecule has 2 amide bonds. The highest BCUT2D eigenvalue weighted by molar-refractivity contribution is 7.89. The number of rotatable bonds is 10. The van der Waals surface area contributed by atoms with Crippen LogP contribution in [0.3, 0.4) is 0 Å². The molecule has 2 aromatic carbocycles. The van der Waals surface area contributed by atoms with Crippen LogP contribution in [-0.2, 0) is 19.6 Å². The van der Waals surface area contributed by atoms with E-state index < -0.39 is 33.8 Å². The largest absolute Gasteiger partial charge is 0.481 e. The average Bonchev–Trinajstić information content (AvgIpc) is 2.78. The first kappa shape index (κ1) is 25.9. The molecule has 2 aromatic rings. The molecule has 9 nitrogen and oxygen atoms in total. The molecule has 0 radical (unpaired) electrons. The third kappa shape index (κ3) is 7.65. The molecule has 1 unspecified atom stereocenters. The molecule has 0 aromatic heterocycles. The van der Waals surface area contributed by atoms with E-state index in [-0.39, 0.29) is 30.1 Å². The van der Waals surface area contributed by atoms with Gasteiger partial charge in [-0.2, -0.15) is 0 Å². The highest BCUT2D eigenvalue weighted by Crippen LogP contribution is 2.16. The lowest BCUT2D eigenvalue weighted by Gasteiger charge is -2.17. The van der Waals surface area contributed by atoms with Gasteiger partial charge in [0, 0.05) is 25.6 Å². The molecule has 0 aliphatic carbocycles. The average molecular weight is 480 g/mol. The smallest absolute Gasteiger partial charge is 0.279 e. The van der Waals surface area contributed by atoms with Crippen molar-refractivity contribution in [1.29, 1.82) is 0 Å². The van der Waals surface area contributed by atoms with Crippen molar-refractivity contribution in [3.8, 4) is 5.75 Å². The first-order valence-corrected chi connectivity index (χ1v) is 11.5. The van der Waals surface area contributed by atoms with E-state index in [4.69, 9.17) is 4.74 Å². The van der Waals surface area contributed by atoms with Crippen molar-refractivity contribution >= 4 is 27.6 Å². The second-order valence-electron chi connectivity index (χ2n) is 7.26. The molecule has 0 heterocycles. The Labute approximate surface area is 191 Å². The van der Waals surface area contributed by atoms with E-state index in [0.29, 0.717) is 11.3 Å². The topological polar surface area (TPSA) is 122 Å². The number of carbonyl (C=O) groups excluding carboxylic acids is 3. The van der Waals surface area contributed by atoms with Crippen LogP contribution in [-0.4, -0.2) is 50.0 Å². The summed E-state index contributed by atoms with van der Waals surface area (Å²) in [6.45, 7) is 2.93. The number of hydrazine groups is 1. The summed E-state index contributed by atoms with van der Waals surface area (Å²) < 4.78 is 44.6. The van der Waals surface area contributed by atoms with Gasteiger partial charge in [0.2, 0.25) is 15.9 Å². The Morgan fingerprint density at radius 3 is 2.21 bits per heavy atom. The molecule has 0 saturated heterocycles. The molecule has 0 aliphatic rings. The van der Waals surface area contributed by atoms with E-state index in [1.54, 1.807) is 0 Å². The third-order valence-corrected chi connectivity index (χ3v) is 6.54. The van der Waals surface area contributed by atoms with E-state index >= 15 is 0 Å². The zero-order chi connectivity index (χ0) is 24.6. The van der Waals surface area contributed by atoms with Crippen LogP contribution in [0.5, 0.6) is 5.75 Å². The normalized spacial score (nSPS) is 12.2. The molecular formula is C22H26FN3O6S. The maximum absolute atomic E-state index is 12.9. The van der Waals surface area contributed by atoms with Crippen LogP contribution in [0.1, 0.15) is 37.0 Å². The fraction of sp³-hybridized carbons (Fsp3) is 0.318. The summed E-state index contributed by atoms with van der Waals surface area (Å²) in [4.78, 5) is 35.4. The standard InChI is InChI=1S/C22H26FN3O6S/c1-15(27)17-6-12-20(13-7-17)33(30,31)26(3)14-4-5-21(28)24-25-22(29)16(2)32-19-10-8-18(23)9-11-19/h6-13,16H,4-5,14H2,1-3H3,(H,24,28)(H,25,29). The van der Waals surface area contributed by atoms with Gasteiger partial charge in [0.1, 0.15) is 11.6 Å². The van der Waals surface area contributed by atoms with Gasteiger partial charge < -0.3 is 4.74 Å². The minimum absolute atomic E-state index is 0.0311. The quantitative estimate of drug-likeness (QED) is 0.397. The number of halogens is 1. The molecule has 0 bridgehead atoms. The molecular weight excluding hydrogens is 453 g/mol. The lowest BCUT2D eigenvalue weighted by molar-refractivity contribution is -0.132. The molecule has 0 fully saturated rings. The summed E-state index contributed by atoms with van der Waals surface area (Å²) in [7, 11) is -2.38. The van der Waals surface area contributed by atoms with Crippen molar-refractivity contribution in [3.63, 3.8) is 0 Å². The predicted molar refractivity (Wildman–Crippen MR) is 118 cm³/mol. The number of hydrogen-bond acceptors (Lipinski definition) is 6. The zero-order valence-electron chi connectivity index (χ0n) is 18.5. The number of benzene rings is 2. The van der Waals surface area contributed by atoms with Crippen LogP contribution < -0.4 is 15.6 Å². The summed E-state index contributed by atoms with van der Waals surface area (Å²) in [6, 6.07) is 10.7. The Kier molecular flexibility index (Phi) is 9.06. The van der Waals surface area contributed by atoms with E-state index in [0.717, 1.165) is 4.31 Å². The van der Waals surface area contributed by atoms with Gasteiger partial charge in [0.15, 0.2) is 11.9 Å². The van der Waals surface area contributed by atoms with Crippen molar-refractivity contribution in [2.24, 2.45) is 0 Å². The second-order valence-corrected chi connectivity index (χ2v) is 9.31. The fourth-order valence-electron chi connectivity index (χ4n) is 2.69. The highest BCUT2D eigenvalue weighted by atomic mass is 32.2. The maximum atomic E-state index is 12.9. The number of ether oxygens (including phenoxy) is 1. The van der Waals surface area contributed by atoms with Crippen LogP contribution in [0.15, 0.2) is 53.4 Å². The van der Waals surface area contributed by atoms with Gasteiger partial charge in [-0.3, -0.25) is 25.2 Å². The van der Waals surface area contributed by atoms with Crippen molar-refractivity contribution in [2.75, 3.05) is 13.6 Å². The van der Waals surface area contributed by atoms with Crippen molar-refractivity contribution in [2.45, 2.75) is 37.7 Å². The van der Waals surface area contributed by atoms with Crippen LogP contribution in [0.2, 0.25) is 0 Å². The van der Waals surface area contributed by atoms with E-state index in [2.05, 4.69) is 10.9 Å². The van der Waals surface area contributed by atoms with Crippen molar-refractivity contribution in [3.05, 3.63) is 59.9 Å². The van der Waals surface area contributed by atoms with Gasteiger partial charge in [0.05, 0.1) is 4.90 Å². The summed E-state index contributed by atoms with van der Waals surface area (Å²) in [6.07, 6.45) is -0.761. The molecule has 0 spiro atoms. The van der Waals surface area contributed by atoms with Gasteiger partial charge in [0.25, 0.3) is 5.91 Å². The zero-order valence-corrected chi connectivity index (χ0v) is 19.3. The van der Waals surface area contributed by atoms with Gasteiger partial charge in [-0.15, -0.1) is 0 Å². The first-order chi connectivity index (χ1) is 15.5. The number of sulfonamides is 1. The second kappa shape index (κ2) is 11.5. The SMILES string of the molecule is CC(=O)c1ccc(S(=O)(=O)N(C)CCCC(=O)NNC(=O)C(C)Oc2ccc(F)cc2)cc1. The minimum atomic E-state index is -3.77. The number of ketones is 1. The Bertz CT molecular complexity index is 1090. The van der Waals surface area contributed by atoms with E-state index in [1.807, 2.05) is 0 Å². The lowest BCUT2D eigenvalue weighted by Crippen LogP contribution is -2.47. The molecule has 1 atom stereocenters. The first-order valence-electron chi connectivity index (χ1n) is 10.1.